The van der Waals surface area contributed by atoms with Gasteiger partial charge in [0.05, 0.1) is 16.8 Å². The summed E-state index contributed by atoms with van der Waals surface area (Å²) in [4.78, 5) is 27.7. The highest BCUT2D eigenvalue weighted by atomic mass is 19.1. The Morgan fingerprint density at radius 3 is 2.31 bits per heavy atom. The number of carbonyl (C=O) groups is 1. The number of piperazine rings is 1. The summed E-state index contributed by atoms with van der Waals surface area (Å²) in [6.07, 6.45) is 1.51. The Bertz CT molecular complexity index is 1740. The Labute approximate surface area is 244 Å². The van der Waals surface area contributed by atoms with Crippen molar-refractivity contribution in [3.8, 4) is 5.69 Å². The van der Waals surface area contributed by atoms with Crippen LogP contribution in [0.15, 0.2) is 78.9 Å². The predicted molar refractivity (Wildman–Crippen MR) is 161 cm³/mol. The molecule has 0 radical (unpaired) electrons. The summed E-state index contributed by atoms with van der Waals surface area (Å²) in [5.41, 5.74) is 5.85. The number of amides is 1. The maximum Gasteiger partial charge on any atom is 0.226 e. The monoisotopic (exact) mass is 560 g/mol. The minimum Gasteiger partial charge on any atom is -0.352 e. The summed E-state index contributed by atoms with van der Waals surface area (Å²) >= 11 is 0. The molecule has 2 aliphatic rings. The molecule has 2 aromatic heterocycles. The summed E-state index contributed by atoms with van der Waals surface area (Å²) in [6, 6.07) is 25.1. The van der Waals surface area contributed by atoms with Gasteiger partial charge in [-0.05, 0) is 61.6 Å². The number of hydrogen-bond donors (Lipinski definition) is 0. The minimum absolute atomic E-state index is 0.0852. The van der Waals surface area contributed by atoms with Crippen molar-refractivity contribution in [2.45, 2.75) is 32.6 Å². The van der Waals surface area contributed by atoms with Crippen molar-refractivity contribution >= 4 is 22.8 Å². The van der Waals surface area contributed by atoms with Crippen molar-refractivity contribution in [1.29, 1.82) is 0 Å². The van der Waals surface area contributed by atoms with E-state index in [4.69, 9.17) is 15.1 Å². The topological polar surface area (TPSA) is 67.2 Å². The third-order valence-electron chi connectivity index (χ3n) is 8.51. The molecule has 0 spiro atoms. The van der Waals surface area contributed by atoms with Crippen molar-refractivity contribution in [3.63, 3.8) is 0 Å². The largest absolute Gasteiger partial charge is 0.352 e. The molecule has 0 N–H and O–H groups in total. The number of halogens is 1. The van der Waals surface area contributed by atoms with Crippen LogP contribution in [0.5, 0.6) is 0 Å². The molecule has 1 aliphatic heterocycles. The highest BCUT2D eigenvalue weighted by molar-refractivity contribution is 5.91. The quantitative estimate of drug-likeness (QED) is 0.270. The first kappa shape index (κ1) is 26.3. The molecule has 212 valence electrons. The van der Waals surface area contributed by atoms with Crippen LogP contribution in [0, 0.1) is 25.6 Å². The zero-order chi connectivity index (χ0) is 28.8. The third kappa shape index (κ3) is 5.02. The number of anilines is 1. The molecule has 7 nitrogen and oxygen atoms in total. The van der Waals surface area contributed by atoms with E-state index in [0.29, 0.717) is 50.0 Å². The minimum atomic E-state index is -0.295. The smallest absolute Gasteiger partial charge is 0.226 e. The van der Waals surface area contributed by atoms with Gasteiger partial charge < -0.3 is 9.80 Å². The number of aryl methyl sites for hydroxylation is 2. The van der Waals surface area contributed by atoms with E-state index < -0.39 is 0 Å². The normalized spacial score (nSPS) is 18.5. The molecule has 0 unspecified atom stereocenters. The summed E-state index contributed by atoms with van der Waals surface area (Å²) in [6.45, 7) is 6.72. The zero-order valence-electron chi connectivity index (χ0n) is 23.9. The average Bonchev–Trinajstić information content (AvgIpc) is 3.76. The van der Waals surface area contributed by atoms with Gasteiger partial charge in [-0.3, -0.25) is 4.79 Å². The van der Waals surface area contributed by atoms with Crippen LogP contribution < -0.4 is 4.90 Å². The molecule has 1 saturated carbocycles. The van der Waals surface area contributed by atoms with Crippen molar-refractivity contribution in [2.75, 3.05) is 31.1 Å². The van der Waals surface area contributed by atoms with Gasteiger partial charge in [0.2, 0.25) is 5.91 Å². The van der Waals surface area contributed by atoms with Crippen molar-refractivity contribution < 1.29 is 9.18 Å². The van der Waals surface area contributed by atoms with E-state index in [1.54, 1.807) is 16.8 Å². The van der Waals surface area contributed by atoms with Crippen LogP contribution in [0.25, 0.3) is 16.7 Å². The molecule has 7 rings (SSSR count). The molecular weight excluding hydrogens is 527 g/mol. The Kier molecular flexibility index (Phi) is 6.69. The van der Waals surface area contributed by atoms with Crippen LogP contribution in [0.2, 0.25) is 0 Å². The van der Waals surface area contributed by atoms with E-state index in [1.165, 1.54) is 23.3 Å². The van der Waals surface area contributed by atoms with E-state index in [0.717, 1.165) is 34.6 Å². The Balaban J connectivity index is 1.18. The van der Waals surface area contributed by atoms with Gasteiger partial charge in [0.1, 0.15) is 17.5 Å². The zero-order valence-corrected chi connectivity index (χ0v) is 23.9. The predicted octanol–water partition coefficient (Wildman–Crippen LogP) is 5.61. The molecule has 1 amide bonds. The molecule has 42 heavy (non-hydrogen) atoms. The van der Waals surface area contributed by atoms with Gasteiger partial charge in [-0.2, -0.15) is 5.10 Å². The van der Waals surface area contributed by atoms with Gasteiger partial charge in [0.25, 0.3) is 0 Å². The van der Waals surface area contributed by atoms with E-state index in [-0.39, 0.29) is 17.6 Å². The molecule has 3 heterocycles. The van der Waals surface area contributed by atoms with Crippen LogP contribution in [-0.4, -0.2) is 56.7 Å². The number of nitrogens with zero attached hydrogens (tertiary/aromatic N) is 6. The second-order valence-electron chi connectivity index (χ2n) is 11.5. The summed E-state index contributed by atoms with van der Waals surface area (Å²) in [5, 5.41) is 5.70. The molecule has 3 aromatic carbocycles. The molecule has 2 atom stereocenters. The highest BCUT2D eigenvalue weighted by Gasteiger charge is 2.46. The standard InChI is InChI=1S/C34H33FN6O/c1-22-8-10-24(11-9-22)20-30-36-32(31-23(2)38-41(33(31)37-30)27-14-12-26(35)13-15-27)39-16-18-40(19-17-39)34(42)29-21-28(29)25-6-4-3-5-7-25/h3-15,28-29H,16-21H2,1-2H3/t28-,29+/m0/s1. The number of aromatic nitrogens is 4. The molecule has 8 heteroatoms. The third-order valence-corrected chi connectivity index (χ3v) is 8.51. The highest BCUT2D eigenvalue weighted by Crippen LogP contribution is 2.48. The Morgan fingerprint density at radius 1 is 0.881 bits per heavy atom. The van der Waals surface area contributed by atoms with Gasteiger partial charge in [0.15, 0.2) is 5.65 Å². The molecular formula is C34H33FN6O. The fraction of sp³-hybridized carbons (Fsp3) is 0.294. The van der Waals surface area contributed by atoms with Crippen molar-refractivity contribution in [1.82, 2.24) is 24.6 Å². The lowest BCUT2D eigenvalue weighted by molar-refractivity contribution is -0.133. The van der Waals surface area contributed by atoms with Crippen LogP contribution >= 0.6 is 0 Å². The Morgan fingerprint density at radius 2 is 1.60 bits per heavy atom. The number of carbonyl (C=O) groups excluding carboxylic acids is 1. The number of benzene rings is 3. The maximum atomic E-state index is 13.7. The molecule has 1 aliphatic carbocycles. The van der Waals surface area contributed by atoms with Gasteiger partial charge >= 0.3 is 0 Å². The lowest BCUT2D eigenvalue weighted by Crippen LogP contribution is -2.49. The van der Waals surface area contributed by atoms with Gasteiger partial charge in [-0.25, -0.2) is 19.0 Å². The lowest BCUT2D eigenvalue weighted by Gasteiger charge is -2.36. The molecule has 5 aromatic rings. The first-order chi connectivity index (χ1) is 20.4. The van der Waals surface area contributed by atoms with Crippen LogP contribution in [0.3, 0.4) is 0 Å². The summed E-state index contributed by atoms with van der Waals surface area (Å²) < 4.78 is 15.5. The molecule has 0 bridgehead atoms. The van der Waals surface area contributed by atoms with E-state index >= 15 is 0 Å². The van der Waals surface area contributed by atoms with Crippen LogP contribution in [0.4, 0.5) is 10.2 Å². The number of fused-ring (bicyclic) bond motifs is 1. The fourth-order valence-corrected chi connectivity index (χ4v) is 6.07. The molecule has 2 fully saturated rings. The SMILES string of the molecule is Cc1ccc(Cc2nc(N3CCN(C(=O)[C@@H]4C[C@H]4c4ccccc4)CC3)c3c(C)nn(-c4ccc(F)cc4)c3n2)cc1. The van der Waals surface area contributed by atoms with Crippen LogP contribution in [0.1, 0.15) is 40.5 Å². The van der Waals surface area contributed by atoms with Gasteiger partial charge in [-0.15, -0.1) is 0 Å². The fourth-order valence-electron chi connectivity index (χ4n) is 6.07. The van der Waals surface area contributed by atoms with Crippen LogP contribution in [-0.2, 0) is 11.2 Å². The Hall–Kier alpha value is -4.59. The lowest BCUT2D eigenvalue weighted by atomic mass is 10.1. The first-order valence-electron chi connectivity index (χ1n) is 14.6. The summed E-state index contributed by atoms with van der Waals surface area (Å²) in [5.74, 6) is 1.93. The summed E-state index contributed by atoms with van der Waals surface area (Å²) in [7, 11) is 0. The second kappa shape index (κ2) is 10.7. The van der Waals surface area contributed by atoms with E-state index in [1.807, 2.05) is 30.0 Å². The van der Waals surface area contributed by atoms with Crippen molar-refractivity contribution in [3.05, 3.63) is 113 Å². The van der Waals surface area contributed by atoms with Gasteiger partial charge in [0, 0.05) is 38.5 Å². The number of hydrogen-bond acceptors (Lipinski definition) is 5. The van der Waals surface area contributed by atoms with Gasteiger partial charge in [-0.1, -0.05) is 60.2 Å². The van der Waals surface area contributed by atoms with E-state index in [9.17, 15) is 9.18 Å². The maximum absolute atomic E-state index is 13.7. The first-order valence-corrected chi connectivity index (χ1v) is 14.6. The molecule has 1 saturated heterocycles. The van der Waals surface area contributed by atoms with Crippen molar-refractivity contribution in [2.24, 2.45) is 5.92 Å². The number of rotatable bonds is 6. The van der Waals surface area contributed by atoms with E-state index in [2.05, 4.69) is 48.2 Å². The average molecular weight is 561 g/mol. The second-order valence-corrected chi connectivity index (χ2v) is 11.5.